The van der Waals surface area contributed by atoms with Gasteiger partial charge in [0.25, 0.3) is 0 Å². The van der Waals surface area contributed by atoms with E-state index in [0.717, 1.165) is 22.2 Å². The van der Waals surface area contributed by atoms with E-state index in [0.29, 0.717) is 0 Å². The molecule has 3 aromatic rings. The molecule has 16 heavy (non-hydrogen) atoms. The highest BCUT2D eigenvalue weighted by Gasteiger charge is 2.07. The summed E-state index contributed by atoms with van der Waals surface area (Å²) in [6, 6.07) is 8.11. The molecule has 0 bridgehead atoms. The summed E-state index contributed by atoms with van der Waals surface area (Å²) in [5, 5.41) is 8.06. The number of hydrogen-bond donors (Lipinski definition) is 1. The Kier molecular flexibility index (Phi) is 1.93. The molecule has 0 aliphatic heterocycles. The van der Waals surface area contributed by atoms with E-state index in [4.69, 9.17) is 0 Å². The van der Waals surface area contributed by atoms with Gasteiger partial charge in [0.15, 0.2) is 0 Å². The van der Waals surface area contributed by atoms with Crippen LogP contribution >= 0.6 is 0 Å². The Balaban J connectivity index is 2.22. The fraction of sp³-hybridized carbons (Fsp3) is 0. The Hall–Kier alpha value is -2.23. The lowest BCUT2D eigenvalue weighted by Gasteiger charge is -1.96. The molecule has 0 aliphatic carbocycles. The topological polar surface area (TPSA) is 41.6 Å². The van der Waals surface area contributed by atoms with Crippen LogP contribution in [0.1, 0.15) is 0 Å². The molecule has 4 heteroatoms. The van der Waals surface area contributed by atoms with E-state index in [2.05, 4.69) is 15.2 Å². The zero-order valence-corrected chi connectivity index (χ0v) is 8.31. The Bertz CT molecular complexity index is 628. The van der Waals surface area contributed by atoms with E-state index in [9.17, 15) is 4.39 Å². The van der Waals surface area contributed by atoms with E-state index < -0.39 is 0 Å². The van der Waals surface area contributed by atoms with Gasteiger partial charge in [-0.25, -0.2) is 4.39 Å². The van der Waals surface area contributed by atoms with Crippen LogP contribution < -0.4 is 0 Å². The molecule has 0 aliphatic rings. The highest BCUT2D eigenvalue weighted by Crippen LogP contribution is 2.25. The molecule has 0 unspecified atom stereocenters. The molecule has 0 saturated carbocycles. The number of rotatable bonds is 1. The van der Waals surface area contributed by atoms with Crippen LogP contribution in [-0.4, -0.2) is 15.2 Å². The number of halogens is 1. The van der Waals surface area contributed by atoms with Crippen LogP contribution in [0.3, 0.4) is 0 Å². The van der Waals surface area contributed by atoms with Gasteiger partial charge in [0.05, 0.1) is 5.52 Å². The number of nitrogens with one attached hydrogen (secondary N) is 1. The van der Waals surface area contributed by atoms with E-state index in [1.54, 1.807) is 24.5 Å². The van der Waals surface area contributed by atoms with Crippen molar-refractivity contribution in [3.63, 3.8) is 0 Å². The van der Waals surface area contributed by atoms with Crippen molar-refractivity contribution < 1.29 is 4.39 Å². The number of aromatic nitrogens is 3. The van der Waals surface area contributed by atoms with Crippen molar-refractivity contribution in [2.45, 2.75) is 0 Å². The lowest BCUT2D eigenvalue weighted by atomic mass is 10.1. The Morgan fingerprint density at radius 3 is 2.69 bits per heavy atom. The van der Waals surface area contributed by atoms with Gasteiger partial charge in [-0.2, -0.15) is 5.10 Å². The quantitative estimate of drug-likeness (QED) is 0.675. The van der Waals surface area contributed by atoms with E-state index in [1.165, 1.54) is 12.1 Å². The second-order valence-corrected chi connectivity index (χ2v) is 3.50. The zero-order valence-electron chi connectivity index (χ0n) is 8.31. The monoisotopic (exact) mass is 213 g/mol. The average Bonchev–Trinajstić information content (AvgIpc) is 2.74. The van der Waals surface area contributed by atoms with Crippen molar-refractivity contribution in [3.05, 3.63) is 48.5 Å². The molecule has 2 heterocycles. The predicted octanol–water partition coefficient (Wildman–Crippen LogP) is 2.76. The number of hydrogen-bond acceptors (Lipinski definition) is 2. The Morgan fingerprint density at radius 2 is 1.88 bits per heavy atom. The Morgan fingerprint density at radius 1 is 1.06 bits per heavy atom. The summed E-state index contributed by atoms with van der Waals surface area (Å²) in [5.41, 5.74) is 2.60. The van der Waals surface area contributed by atoms with Gasteiger partial charge < -0.3 is 0 Å². The minimum absolute atomic E-state index is 0.248. The SMILES string of the molecule is Fc1ccc(-c2n[nH]c3ccncc23)cc1. The first-order valence-electron chi connectivity index (χ1n) is 4.88. The molecule has 3 rings (SSSR count). The van der Waals surface area contributed by atoms with Gasteiger partial charge in [-0.05, 0) is 30.3 Å². The summed E-state index contributed by atoms with van der Waals surface area (Å²) < 4.78 is 12.8. The molecule has 1 N–H and O–H groups in total. The number of nitrogens with zero attached hydrogens (tertiary/aromatic N) is 2. The van der Waals surface area contributed by atoms with Gasteiger partial charge >= 0.3 is 0 Å². The first-order chi connectivity index (χ1) is 7.84. The molecular weight excluding hydrogens is 205 g/mol. The number of pyridine rings is 1. The van der Waals surface area contributed by atoms with Crippen molar-refractivity contribution in [1.29, 1.82) is 0 Å². The van der Waals surface area contributed by atoms with Crippen molar-refractivity contribution in [2.24, 2.45) is 0 Å². The minimum Gasteiger partial charge on any atom is -0.277 e. The maximum atomic E-state index is 12.8. The molecule has 78 valence electrons. The molecule has 2 aromatic heterocycles. The fourth-order valence-corrected chi connectivity index (χ4v) is 1.68. The number of aromatic amines is 1. The first kappa shape index (κ1) is 9.03. The number of benzene rings is 1. The van der Waals surface area contributed by atoms with Crippen molar-refractivity contribution >= 4 is 10.9 Å². The maximum absolute atomic E-state index is 12.8. The van der Waals surface area contributed by atoms with Crippen LogP contribution in [0.25, 0.3) is 22.2 Å². The van der Waals surface area contributed by atoms with Crippen LogP contribution in [0.5, 0.6) is 0 Å². The van der Waals surface area contributed by atoms with E-state index in [1.807, 2.05) is 6.07 Å². The molecular formula is C12H8FN3. The van der Waals surface area contributed by atoms with Crippen molar-refractivity contribution in [1.82, 2.24) is 15.2 Å². The standard InChI is InChI=1S/C12H8FN3/c13-9-3-1-8(2-4-9)12-10-7-14-6-5-11(10)15-16-12/h1-7H,(H,15,16). The van der Waals surface area contributed by atoms with Crippen LogP contribution in [-0.2, 0) is 0 Å². The lowest BCUT2D eigenvalue weighted by molar-refractivity contribution is 0.628. The molecule has 0 radical (unpaired) electrons. The van der Waals surface area contributed by atoms with Gasteiger partial charge in [0.1, 0.15) is 11.5 Å². The molecule has 0 fully saturated rings. The summed E-state index contributed by atoms with van der Waals surface area (Å²) in [6.45, 7) is 0. The molecule has 0 amide bonds. The number of H-pyrrole nitrogens is 1. The van der Waals surface area contributed by atoms with Gasteiger partial charge in [0.2, 0.25) is 0 Å². The fourth-order valence-electron chi connectivity index (χ4n) is 1.68. The van der Waals surface area contributed by atoms with Crippen molar-refractivity contribution in [2.75, 3.05) is 0 Å². The van der Waals surface area contributed by atoms with E-state index in [-0.39, 0.29) is 5.82 Å². The minimum atomic E-state index is -0.248. The molecule has 0 atom stereocenters. The lowest BCUT2D eigenvalue weighted by Crippen LogP contribution is -1.80. The van der Waals surface area contributed by atoms with Crippen LogP contribution in [0.15, 0.2) is 42.7 Å². The van der Waals surface area contributed by atoms with Crippen LogP contribution in [0.4, 0.5) is 4.39 Å². The van der Waals surface area contributed by atoms with Gasteiger partial charge in [0, 0.05) is 23.3 Å². The average molecular weight is 213 g/mol. The normalized spacial score (nSPS) is 10.8. The summed E-state index contributed by atoms with van der Waals surface area (Å²) in [5.74, 6) is -0.248. The summed E-state index contributed by atoms with van der Waals surface area (Å²) in [4.78, 5) is 4.05. The third-order valence-electron chi connectivity index (χ3n) is 2.48. The van der Waals surface area contributed by atoms with Gasteiger partial charge in [-0.1, -0.05) is 0 Å². The molecule has 1 aromatic carbocycles. The molecule has 0 spiro atoms. The second kappa shape index (κ2) is 3.41. The maximum Gasteiger partial charge on any atom is 0.123 e. The number of fused-ring (bicyclic) bond motifs is 1. The third-order valence-corrected chi connectivity index (χ3v) is 2.48. The van der Waals surface area contributed by atoms with Gasteiger partial charge in [-0.15, -0.1) is 0 Å². The summed E-state index contributed by atoms with van der Waals surface area (Å²) in [7, 11) is 0. The molecule has 0 saturated heterocycles. The molecule has 3 nitrogen and oxygen atoms in total. The second-order valence-electron chi connectivity index (χ2n) is 3.50. The Labute approximate surface area is 91.0 Å². The van der Waals surface area contributed by atoms with Crippen LogP contribution in [0, 0.1) is 5.82 Å². The highest BCUT2D eigenvalue weighted by molar-refractivity contribution is 5.91. The van der Waals surface area contributed by atoms with Crippen molar-refractivity contribution in [3.8, 4) is 11.3 Å². The smallest absolute Gasteiger partial charge is 0.123 e. The summed E-state index contributed by atoms with van der Waals surface area (Å²) >= 11 is 0. The predicted molar refractivity (Wildman–Crippen MR) is 59.3 cm³/mol. The highest BCUT2D eigenvalue weighted by atomic mass is 19.1. The van der Waals surface area contributed by atoms with Gasteiger partial charge in [-0.3, -0.25) is 10.1 Å². The first-order valence-corrected chi connectivity index (χ1v) is 4.88. The largest absolute Gasteiger partial charge is 0.277 e. The van der Waals surface area contributed by atoms with E-state index >= 15 is 0 Å². The third kappa shape index (κ3) is 1.35. The van der Waals surface area contributed by atoms with Crippen LogP contribution in [0.2, 0.25) is 0 Å². The summed E-state index contributed by atoms with van der Waals surface area (Å²) in [6.07, 6.45) is 3.45. The zero-order chi connectivity index (χ0) is 11.0.